The molecule has 0 aromatic carbocycles. The van der Waals surface area contributed by atoms with E-state index in [0.29, 0.717) is 39.0 Å². The molecule has 1 saturated heterocycles. The first-order chi connectivity index (χ1) is 10.0. The average molecular weight is 313 g/mol. The van der Waals surface area contributed by atoms with Gasteiger partial charge in [-0.1, -0.05) is 13.3 Å². The second kappa shape index (κ2) is 7.09. The van der Waals surface area contributed by atoms with E-state index in [2.05, 4.69) is 4.98 Å². The Balaban J connectivity index is 1.84. The molecule has 2 rings (SSSR count). The topological polar surface area (TPSA) is 73.5 Å². The highest BCUT2D eigenvalue weighted by atomic mass is 32.2. The molecule has 0 spiro atoms. The summed E-state index contributed by atoms with van der Waals surface area (Å²) in [6.45, 7) is 3.74. The minimum Gasteiger partial charge on any atom is -0.365 e. The maximum atomic E-state index is 12.1. The van der Waals surface area contributed by atoms with Gasteiger partial charge in [-0.25, -0.2) is 8.42 Å². The molecule has 6 nitrogen and oxygen atoms in total. The van der Waals surface area contributed by atoms with Gasteiger partial charge in [0.25, 0.3) is 0 Å². The van der Waals surface area contributed by atoms with Crippen molar-refractivity contribution in [2.24, 2.45) is 0 Å². The van der Waals surface area contributed by atoms with Gasteiger partial charge in [-0.05, 0) is 18.6 Å². The number of hydrogen-bond acceptors (Lipinski definition) is 3. The number of carbonyl (C=O) groups is 1. The third kappa shape index (κ3) is 4.31. The lowest BCUT2D eigenvalue weighted by Gasteiger charge is -2.34. The van der Waals surface area contributed by atoms with Crippen LogP contribution in [0, 0.1) is 0 Å². The Morgan fingerprint density at radius 3 is 2.57 bits per heavy atom. The minimum absolute atomic E-state index is 0.0445. The largest absolute Gasteiger partial charge is 0.365 e. The van der Waals surface area contributed by atoms with Crippen molar-refractivity contribution in [1.82, 2.24) is 14.2 Å². The van der Waals surface area contributed by atoms with Gasteiger partial charge in [0.1, 0.15) is 0 Å². The van der Waals surface area contributed by atoms with Gasteiger partial charge >= 0.3 is 0 Å². The molecule has 1 N–H and O–H groups in total. The van der Waals surface area contributed by atoms with Crippen LogP contribution in [0.1, 0.15) is 25.5 Å². The second-order valence-electron chi connectivity index (χ2n) is 5.32. The van der Waals surface area contributed by atoms with Crippen LogP contribution in [-0.2, 0) is 21.2 Å². The van der Waals surface area contributed by atoms with E-state index in [9.17, 15) is 13.2 Å². The molecule has 1 fully saturated rings. The van der Waals surface area contributed by atoms with E-state index in [1.807, 2.05) is 19.1 Å². The zero-order chi connectivity index (χ0) is 15.3. The quantitative estimate of drug-likeness (QED) is 0.845. The maximum absolute atomic E-state index is 12.1. The van der Waals surface area contributed by atoms with Gasteiger partial charge in [-0.15, -0.1) is 0 Å². The fourth-order valence-corrected chi connectivity index (χ4v) is 4.06. The van der Waals surface area contributed by atoms with Crippen LogP contribution in [0.5, 0.6) is 0 Å². The van der Waals surface area contributed by atoms with Crippen LogP contribution >= 0.6 is 0 Å². The lowest BCUT2D eigenvalue weighted by atomic mass is 10.2. The summed E-state index contributed by atoms with van der Waals surface area (Å²) in [5.41, 5.74) is 0.887. The number of carbonyl (C=O) groups excluding carboxylic acids is 1. The zero-order valence-corrected chi connectivity index (χ0v) is 13.2. The number of aromatic amines is 1. The third-order valence-electron chi connectivity index (χ3n) is 3.74. The summed E-state index contributed by atoms with van der Waals surface area (Å²) in [6.07, 6.45) is 3.69. The van der Waals surface area contributed by atoms with Gasteiger partial charge in [0.2, 0.25) is 15.9 Å². The number of unbranched alkanes of at least 4 members (excludes halogenated alkanes) is 1. The van der Waals surface area contributed by atoms with Gasteiger partial charge in [-0.2, -0.15) is 4.31 Å². The predicted molar refractivity (Wildman–Crippen MR) is 81.3 cm³/mol. The van der Waals surface area contributed by atoms with Crippen LogP contribution in [0.15, 0.2) is 18.3 Å². The summed E-state index contributed by atoms with van der Waals surface area (Å²) in [6, 6.07) is 3.74. The highest BCUT2D eigenvalue weighted by Gasteiger charge is 2.28. The lowest BCUT2D eigenvalue weighted by Crippen LogP contribution is -2.51. The van der Waals surface area contributed by atoms with Crippen LogP contribution in [0.25, 0.3) is 0 Å². The second-order valence-corrected chi connectivity index (χ2v) is 7.41. The van der Waals surface area contributed by atoms with E-state index >= 15 is 0 Å². The van der Waals surface area contributed by atoms with Gasteiger partial charge in [0.05, 0.1) is 12.2 Å². The highest BCUT2D eigenvalue weighted by molar-refractivity contribution is 7.89. The average Bonchev–Trinajstić information content (AvgIpc) is 2.98. The molecular formula is C14H23N3O3S. The molecule has 21 heavy (non-hydrogen) atoms. The minimum atomic E-state index is -3.16. The molecule has 0 saturated carbocycles. The molecule has 1 aliphatic rings. The molecule has 0 unspecified atom stereocenters. The highest BCUT2D eigenvalue weighted by Crippen LogP contribution is 2.11. The van der Waals surface area contributed by atoms with E-state index in [0.717, 1.165) is 12.1 Å². The van der Waals surface area contributed by atoms with E-state index in [-0.39, 0.29) is 11.7 Å². The standard InChI is InChI=1S/C14H23N3O3S/c1-2-3-11-21(19,20)17-9-7-16(8-10-17)14(18)12-13-5-4-6-15-13/h4-6,15H,2-3,7-12H2,1H3. The first-order valence-electron chi connectivity index (χ1n) is 7.41. The summed E-state index contributed by atoms with van der Waals surface area (Å²) in [7, 11) is -3.16. The molecule has 0 atom stereocenters. The Bertz CT molecular complexity index is 546. The molecule has 2 heterocycles. The molecule has 1 aliphatic heterocycles. The van der Waals surface area contributed by atoms with Crippen molar-refractivity contribution in [2.45, 2.75) is 26.2 Å². The van der Waals surface area contributed by atoms with Crippen LogP contribution in [0.2, 0.25) is 0 Å². The Hall–Kier alpha value is -1.34. The van der Waals surface area contributed by atoms with Crippen LogP contribution < -0.4 is 0 Å². The van der Waals surface area contributed by atoms with Crippen molar-refractivity contribution in [2.75, 3.05) is 31.9 Å². The van der Waals surface area contributed by atoms with Gasteiger partial charge in [-0.3, -0.25) is 4.79 Å². The van der Waals surface area contributed by atoms with E-state index < -0.39 is 10.0 Å². The fourth-order valence-electron chi connectivity index (χ4n) is 2.42. The molecule has 1 aromatic rings. The SMILES string of the molecule is CCCCS(=O)(=O)N1CCN(C(=O)Cc2ccc[nH]2)CC1. The summed E-state index contributed by atoms with van der Waals surface area (Å²) in [5.74, 6) is 0.253. The van der Waals surface area contributed by atoms with Crippen molar-refractivity contribution < 1.29 is 13.2 Å². The lowest BCUT2D eigenvalue weighted by molar-refractivity contribution is -0.131. The Morgan fingerprint density at radius 2 is 2.00 bits per heavy atom. The van der Waals surface area contributed by atoms with Crippen molar-refractivity contribution in [1.29, 1.82) is 0 Å². The smallest absolute Gasteiger partial charge is 0.228 e. The number of nitrogens with one attached hydrogen (secondary N) is 1. The monoisotopic (exact) mass is 313 g/mol. The molecule has 0 aliphatic carbocycles. The van der Waals surface area contributed by atoms with Crippen molar-refractivity contribution in [3.63, 3.8) is 0 Å². The Morgan fingerprint density at radius 1 is 1.29 bits per heavy atom. The van der Waals surface area contributed by atoms with Crippen LogP contribution in [0.3, 0.4) is 0 Å². The molecule has 0 bridgehead atoms. The first-order valence-corrected chi connectivity index (χ1v) is 9.01. The number of sulfonamides is 1. The van der Waals surface area contributed by atoms with Crippen molar-refractivity contribution in [3.05, 3.63) is 24.0 Å². The van der Waals surface area contributed by atoms with Crippen LogP contribution in [0.4, 0.5) is 0 Å². The van der Waals surface area contributed by atoms with Crippen LogP contribution in [-0.4, -0.2) is 60.4 Å². The van der Waals surface area contributed by atoms with Crippen molar-refractivity contribution in [3.8, 4) is 0 Å². The molecule has 1 amide bonds. The van der Waals surface area contributed by atoms with Gasteiger partial charge < -0.3 is 9.88 Å². The number of amides is 1. The van der Waals surface area contributed by atoms with Crippen molar-refractivity contribution >= 4 is 15.9 Å². The third-order valence-corrected chi connectivity index (χ3v) is 5.70. The molecule has 118 valence electrons. The summed E-state index contributed by atoms with van der Waals surface area (Å²) in [5, 5.41) is 0. The number of rotatable bonds is 6. The Labute approximate surface area is 126 Å². The maximum Gasteiger partial charge on any atom is 0.228 e. The normalized spacial score (nSPS) is 17.1. The number of H-pyrrole nitrogens is 1. The summed E-state index contributed by atoms with van der Waals surface area (Å²) in [4.78, 5) is 16.9. The Kier molecular flexibility index (Phi) is 5.41. The molecular weight excluding hydrogens is 290 g/mol. The molecule has 0 radical (unpaired) electrons. The van der Waals surface area contributed by atoms with Gasteiger partial charge in [0, 0.05) is 38.1 Å². The van der Waals surface area contributed by atoms with E-state index in [4.69, 9.17) is 0 Å². The van der Waals surface area contributed by atoms with E-state index in [1.54, 1.807) is 11.1 Å². The number of piperazine rings is 1. The number of nitrogens with zero attached hydrogens (tertiary/aromatic N) is 2. The van der Waals surface area contributed by atoms with E-state index in [1.165, 1.54) is 4.31 Å². The number of aromatic nitrogens is 1. The van der Waals surface area contributed by atoms with Gasteiger partial charge in [0.15, 0.2) is 0 Å². The molecule has 1 aromatic heterocycles. The zero-order valence-electron chi connectivity index (χ0n) is 12.4. The first kappa shape index (κ1) is 16.0. The number of hydrogen-bond donors (Lipinski definition) is 1. The summed E-state index contributed by atoms with van der Waals surface area (Å²) >= 11 is 0. The predicted octanol–water partition coefficient (Wildman–Crippen LogP) is 0.831. The molecule has 7 heteroatoms. The summed E-state index contributed by atoms with van der Waals surface area (Å²) < 4.78 is 25.7. The fraction of sp³-hybridized carbons (Fsp3) is 0.643.